The van der Waals surface area contributed by atoms with Gasteiger partial charge in [0.25, 0.3) is 0 Å². The molecule has 4 aromatic rings. The van der Waals surface area contributed by atoms with Gasteiger partial charge in [0.05, 0.1) is 9.50 Å². The number of benzene rings is 3. The van der Waals surface area contributed by atoms with Gasteiger partial charge in [-0.1, -0.05) is 48.0 Å². The molecule has 0 unspecified atom stereocenters. The molecule has 1 N–H and O–H groups in total. The number of halogens is 2. The van der Waals surface area contributed by atoms with E-state index in [1.807, 2.05) is 24.3 Å². The quantitative estimate of drug-likeness (QED) is 0.378. The Morgan fingerprint density at radius 2 is 1.64 bits per heavy atom. The second-order valence-electron chi connectivity index (χ2n) is 5.04. The number of phenols is 1. The largest absolute Gasteiger partial charge is 0.506 e. The number of phenolic OH excluding ortho intramolecular Hbond substituents is 1. The molecular weight excluding hydrogens is 380 g/mol. The maximum Gasteiger partial charge on any atom is 0.139 e. The van der Waals surface area contributed by atoms with Gasteiger partial charge in [0, 0.05) is 31.3 Å². The van der Waals surface area contributed by atoms with E-state index in [9.17, 15) is 5.11 Å². The van der Waals surface area contributed by atoms with Gasteiger partial charge in [-0.3, -0.25) is 0 Å². The molecule has 0 atom stereocenters. The van der Waals surface area contributed by atoms with Gasteiger partial charge in [-0.25, -0.2) is 0 Å². The van der Waals surface area contributed by atoms with Crippen molar-refractivity contribution in [2.45, 2.75) is 0 Å². The van der Waals surface area contributed by atoms with Crippen molar-refractivity contribution in [1.29, 1.82) is 0 Å². The zero-order chi connectivity index (χ0) is 15.3. The van der Waals surface area contributed by atoms with Crippen LogP contribution in [0.4, 0.5) is 0 Å². The molecule has 0 fully saturated rings. The van der Waals surface area contributed by atoms with E-state index in [-0.39, 0.29) is 5.75 Å². The Morgan fingerprint density at radius 3 is 2.50 bits per heavy atom. The first-order valence-corrected chi connectivity index (χ1v) is 8.73. The van der Waals surface area contributed by atoms with Crippen molar-refractivity contribution in [3.05, 3.63) is 64.1 Å². The zero-order valence-corrected chi connectivity index (χ0v) is 14.5. The van der Waals surface area contributed by atoms with Crippen molar-refractivity contribution in [2.24, 2.45) is 0 Å². The Kier molecular flexibility index (Phi) is 3.37. The number of thiophene rings is 1. The van der Waals surface area contributed by atoms with E-state index in [0.29, 0.717) is 9.50 Å². The molecule has 4 rings (SSSR count). The Bertz CT molecular complexity index is 1020. The predicted molar refractivity (Wildman–Crippen MR) is 99.1 cm³/mol. The highest BCUT2D eigenvalue weighted by atomic mass is 79.9. The van der Waals surface area contributed by atoms with Gasteiger partial charge in [-0.2, -0.15) is 0 Å². The van der Waals surface area contributed by atoms with E-state index in [1.54, 1.807) is 17.4 Å². The summed E-state index contributed by atoms with van der Waals surface area (Å²) in [6.45, 7) is 0. The molecule has 4 heteroatoms. The Hall–Kier alpha value is -1.55. The van der Waals surface area contributed by atoms with Crippen LogP contribution in [0.2, 0.25) is 5.02 Å². The summed E-state index contributed by atoms with van der Waals surface area (Å²) in [5, 5.41) is 13.4. The lowest BCUT2D eigenvalue weighted by atomic mass is 10.0. The molecule has 0 spiro atoms. The van der Waals surface area contributed by atoms with Crippen molar-refractivity contribution < 1.29 is 5.11 Å². The minimum atomic E-state index is 0.178. The number of hydrogen-bond acceptors (Lipinski definition) is 2. The van der Waals surface area contributed by atoms with E-state index >= 15 is 0 Å². The highest BCUT2D eigenvalue weighted by Gasteiger charge is 2.15. The van der Waals surface area contributed by atoms with Gasteiger partial charge < -0.3 is 5.11 Å². The molecule has 0 radical (unpaired) electrons. The Morgan fingerprint density at radius 1 is 0.864 bits per heavy atom. The van der Waals surface area contributed by atoms with Crippen LogP contribution in [0.5, 0.6) is 5.75 Å². The van der Waals surface area contributed by atoms with Gasteiger partial charge in [0.2, 0.25) is 0 Å². The molecular formula is C18H10BrClOS. The highest BCUT2D eigenvalue weighted by molar-refractivity contribution is 9.10. The number of rotatable bonds is 1. The van der Waals surface area contributed by atoms with Gasteiger partial charge in [0.15, 0.2) is 0 Å². The van der Waals surface area contributed by atoms with Crippen LogP contribution in [0, 0.1) is 0 Å². The van der Waals surface area contributed by atoms with E-state index in [4.69, 9.17) is 11.6 Å². The summed E-state index contributed by atoms with van der Waals surface area (Å²) in [7, 11) is 0. The van der Waals surface area contributed by atoms with Crippen molar-refractivity contribution in [3.8, 4) is 16.9 Å². The van der Waals surface area contributed by atoms with Gasteiger partial charge in [-0.15, -0.1) is 11.3 Å². The summed E-state index contributed by atoms with van der Waals surface area (Å²) in [6, 6.07) is 18.2. The average Bonchev–Trinajstić information content (AvgIpc) is 2.92. The van der Waals surface area contributed by atoms with Gasteiger partial charge >= 0.3 is 0 Å². The monoisotopic (exact) mass is 388 g/mol. The maximum absolute atomic E-state index is 10.4. The van der Waals surface area contributed by atoms with Crippen LogP contribution >= 0.6 is 38.9 Å². The first kappa shape index (κ1) is 14.1. The second kappa shape index (κ2) is 5.27. The first-order valence-electron chi connectivity index (χ1n) is 6.74. The van der Waals surface area contributed by atoms with Crippen LogP contribution < -0.4 is 0 Å². The summed E-state index contributed by atoms with van der Waals surface area (Å²) in [5.74, 6) is 0.178. The lowest BCUT2D eigenvalue weighted by molar-refractivity contribution is 0.474. The number of aromatic hydroxyl groups is 1. The normalized spacial score (nSPS) is 11.4. The molecule has 108 valence electrons. The van der Waals surface area contributed by atoms with Gasteiger partial charge in [-0.05, 0) is 34.1 Å². The van der Waals surface area contributed by atoms with E-state index in [0.717, 1.165) is 11.1 Å². The molecule has 0 aliphatic carbocycles. The van der Waals surface area contributed by atoms with Crippen LogP contribution in [0.3, 0.4) is 0 Å². The molecule has 1 heterocycles. The minimum absolute atomic E-state index is 0.178. The van der Waals surface area contributed by atoms with Crippen LogP contribution in [0.25, 0.3) is 31.3 Å². The molecule has 0 aliphatic heterocycles. The first-order chi connectivity index (χ1) is 10.7. The Balaban J connectivity index is 2.10. The average molecular weight is 390 g/mol. The predicted octanol–water partition coefficient (Wildman–Crippen LogP) is 6.84. The second-order valence-corrected chi connectivity index (χ2v) is 7.29. The third kappa shape index (κ3) is 2.04. The molecule has 0 bridgehead atoms. The fourth-order valence-electron chi connectivity index (χ4n) is 2.72. The standard InChI is InChI=1S/C18H10BrClOS/c19-16-14(20)9-8-11(17(16)21)13-6-3-5-12-10-4-1-2-7-15(10)22-18(12)13/h1-9,21H. The molecule has 3 aromatic carbocycles. The van der Waals surface area contributed by atoms with E-state index < -0.39 is 0 Å². The topological polar surface area (TPSA) is 20.2 Å². The molecule has 22 heavy (non-hydrogen) atoms. The fraction of sp³-hybridized carbons (Fsp3) is 0. The van der Waals surface area contributed by atoms with Crippen LogP contribution in [-0.4, -0.2) is 5.11 Å². The van der Waals surface area contributed by atoms with Crippen molar-refractivity contribution >= 4 is 59.0 Å². The Labute approximate surface area is 144 Å². The fourth-order valence-corrected chi connectivity index (χ4v) is 4.45. The van der Waals surface area contributed by atoms with Crippen LogP contribution in [0.15, 0.2) is 59.1 Å². The molecule has 1 nitrogen and oxygen atoms in total. The number of hydrogen-bond donors (Lipinski definition) is 1. The van der Waals surface area contributed by atoms with Crippen LogP contribution in [-0.2, 0) is 0 Å². The molecule has 0 aliphatic rings. The minimum Gasteiger partial charge on any atom is -0.506 e. The molecule has 0 saturated carbocycles. The summed E-state index contributed by atoms with van der Waals surface area (Å²) in [4.78, 5) is 0. The lowest BCUT2D eigenvalue weighted by Crippen LogP contribution is -1.82. The lowest BCUT2D eigenvalue weighted by Gasteiger charge is -2.09. The summed E-state index contributed by atoms with van der Waals surface area (Å²) >= 11 is 11.1. The SMILES string of the molecule is Oc1c(-c2cccc3c2sc2ccccc23)ccc(Cl)c1Br. The van der Waals surface area contributed by atoms with Gasteiger partial charge in [0.1, 0.15) is 5.75 Å². The third-order valence-corrected chi connectivity index (χ3v) is 6.33. The molecule has 1 aromatic heterocycles. The molecule has 0 saturated heterocycles. The van der Waals surface area contributed by atoms with Crippen molar-refractivity contribution in [2.75, 3.05) is 0 Å². The number of fused-ring (bicyclic) bond motifs is 3. The van der Waals surface area contributed by atoms with Crippen molar-refractivity contribution in [3.63, 3.8) is 0 Å². The van der Waals surface area contributed by atoms with E-state index in [1.165, 1.54) is 20.2 Å². The summed E-state index contributed by atoms with van der Waals surface area (Å²) in [5.41, 5.74) is 1.81. The smallest absolute Gasteiger partial charge is 0.139 e. The van der Waals surface area contributed by atoms with Crippen molar-refractivity contribution in [1.82, 2.24) is 0 Å². The zero-order valence-electron chi connectivity index (χ0n) is 11.3. The van der Waals surface area contributed by atoms with Crippen LogP contribution in [0.1, 0.15) is 0 Å². The van der Waals surface area contributed by atoms with E-state index in [2.05, 4.69) is 40.2 Å². The maximum atomic E-state index is 10.4. The third-order valence-electron chi connectivity index (χ3n) is 3.76. The summed E-state index contributed by atoms with van der Waals surface area (Å²) in [6.07, 6.45) is 0. The highest BCUT2D eigenvalue weighted by Crippen LogP contribution is 2.45. The molecule has 0 amide bonds. The summed E-state index contributed by atoms with van der Waals surface area (Å²) < 4.78 is 2.95.